The van der Waals surface area contributed by atoms with Crippen LogP contribution in [0.1, 0.15) is 5.56 Å². The first-order valence-corrected chi connectivity index (χ1v) is 12.4. The lowest BCUT2D eigenvalue weighted by molar-refractivity contribution is -0.137. The normalized spacial score (nSPS) is 11.6. The summed E-state index contributed by atoms with van der Waals surface area (Å²) in [7, 11) is 0. The van der Waals surface area contributed by atoms with E-state index in [4.69, 9.17) is 0 Å². The highest BCUT2D eigenvalue weighted by Crippen LogP contribution is 2.33. The summed E-state index contributed by atoms with van der Waals surface area (Å²) in [5, 5.41) is 2.46. The van der Waals surface area contributed by atoms with Crippen LogP contribution < -0.4 is 0 Å². The molecule has 3 heteroatoms. The monoisotopic (exact) mass is 500 g/mol. The molecule has 6 aromatic rings. The molecule has 0 atom stereocenters. The van der Waals surface area contributed by atoms with E-state index in [1.54, 1.807) is 6.07 Å². The summed E-state index contributed by atoms with van der Waals surface area (Å²) in [4.78, 5) is 0. The summed E-state index contributed by atoms with van der Waals surface area (Å²) in [6.07, 6.45) is -4.35. The average Bonchev–Trinajstić information content (AvgIpc) is 2.97. The average molecular weight is 501 g/mol. The topological polar surface area (TPSA) is 0 Å². The second-order valence-corrected chi connectivity index (χ2v) is 9.37. The van der Waals surface area contributed by atoms with Gasteiger partial charge in [0, 0.05) is 0 Å². The lowest BCUT2D eigenvalue weighted by Gasteiger charge is -2.10. The van der Waals surface area contributed by atoms with E-state index in [0.29, 0.717) is 5.56 Å². The van der Waals surface area contributed by atoms with Gasteiger partial charge in [-0.2, -0.15) is 13.2 Å². The van der Waals surface area contributed by atoms with Crippen LogP contribution in [-0.4, -0.2) is 0 Å². The van der Waals surface area contributed by atoms with Gasteiger partial charge >= 0.3 is 6.18 Å². The maximum atomic E-state index is 13.1. The van der Waals surface area contributed by atoms with Gasteiger partial charge in [-0.3, -0.25) is 0 Å². The molecule has 0 aliphatic carbocycles. The number of benzene rings is 6. The van der Waals surface area contributed by atoms with Gasteiger partial charge in [-0.05, 0) is 73.5 Å². The van der Waals surface area contributed by atoms with Crippen molar-refractivity contribution in [2.24, 2.45) is 0 Å². The van der Waals surface area contributed by atoms with Crippen LogP contribution in [0, 0.1) is 0 Å². The zero-order valence-corrected chi connectivity index (χ0v) is 20.4. The number of hydrogen-bond donors (Lipinski definition) is 0. The highest BCUT2D eigenvalue weighted by Gasteiger charge is 2.30. The molecule has 0 nitrogen and oxygen atoms in total. The van der Waals surface area contributed by atoms with E-state index in [1.807, 2.05) is 24.3 Å². The van der Waals surface area contributed by atoms with Crippen LogP contribution in [0.15, 0.2) is 140 Å². The first-order chi connectivity index (χ1) is 18.4. The summed E-state index contributed by atoms with van der Waals surface area (Å²) in [5.41, 5.74) is 7.37. The SMILES string of the molecule is FC(F)(F)c1cccc(-c2ccc(-c3ccc(-c4ccc(-c5ccc6ccccc6c5)cc4)cc3)cc2)c1. The Morgan fingerprint density at radius 1 is 0.316 bits per heavy atom. The van der Waals surface area contributed by atoms with Crippen LogP contribution in [0.4, 0.5) is 13.2 Å². The first-order valence-electron chi connectivity index (χ1n) is 12.4. The molecule has 38 heavy (non-hydrogen) atoms. The quantitative estimate of drug-likeness (QED) is 0.226. The Labute approximate surface area is 219 Å². The standard InChI is InChI=1S/C35H23F3/c36-35(37,38)34-7-3-6-32(23-34)29-16-12-27(13-17-29)25-8-10-26(11-9-25)28-14-18-30(19-15-28)33-21-20-24-4-1-2-5-31(24)22-33/h1-23H. The third-order valence-corrected chi connectivity index (χ3v) is 6.93. The van der Waals surface area contributed by atoms with Gasteiger partial charge in [0.05, 0.1) is 5.56 Å². The fourth-order valence-electron chi connectivity index (χ4n) is 4.81. The maximum Gasteiger partial charge on any atom is 0.416 e. The van der Waals surface area contributed by atoms with Gasteiger partial charge < -0.3 is 0 Å². The number of halogens is 3. The van der Waals surface area contributed by atoms with Gasteiger partial charge in [0.1, 0.15) is 0 Å². The summed E-state index contributed by atoms with van der Waals surface area (Å²) in [5.74, 6) is 0. The van der Waals surface area contributed by atoms with Crippen LogP contribution in [0.25, 0.3) is 55.3 Å². The van der Waals surface area contributed by atoms with Crippen molar-refractivity contribution in [2.75, 3.05) is 0 Å². The first kappa shape index (κ1) is 23.7. The molecule has 0 unspecified atom stereocenters. The molecule has 0 aliphatic heterocycles. The highest BCUT2D eigenvalue weighted by atomic mass is 19.4. The van der Waals surface area contributed by atoms with Crippen molar-refractivity contribution < 1.29 is 13.2 Å². The number of alkyl halides is 3. The van der Waals surface area contributed by atoms with Gasteiger partial charge in [0.25, 0.3) is 0 Å². The Bertz CT molecular complexity index is 1710. The number of fused-ring (bicyclic) bond motifs is 1. The largest absolute Gasteiger partial charge is 0.416 e. The van der Waals surface area contributed by atoms with Crippen molar-refractivity contribution in [1.82, 2.24) is 0 Å². The van der Waals surface area contributed by atoms with Gasteiger partial charge in [0.15, 0.2) is 0 Å². The summed E-state index contributed by atoms with van der Waals surface area (Å²) in [6, 6.07) is 44.9. The van der Waals surface area contributed by atoms with Crippen molar-refractivity contribution in [2.45, 2.75) is 6.18 Å². The summed E-state index contributed by atoms with van der Waals surface area (Å²) < 4.78 is 39.2. The molecule has 184 valence electrons. The maximum absolute atomic E-state index is 13.1. The second kappa shape index (κ2) is 9.68. The minimum absolute atomic E-state index is 0.550. The second-order valence-electron chi connectivity index (χ2n) is 9.37. The van der Waals surface area contributed by atoms with Gasteiger partial charge in [0.2, 0.25) is 0 Å². The Balaban J connectivity index is 1.20. The molecule has 0 N–H and O–H groups in total. The van der Waals surface area contributed by atoms with Crippen LogP contribution in [0.3, 0.4) is 0 Å². The van der Waals surface area contributed by atoms with E-state index < -0.39 is 11.7 Å². The van der Waals surface area contributed by atoms with Crippen LogP contribution >= 0.6 is 0 Å². The molecule has 0 fully saturated rings. The van der Waals surface area contributed by atoms with Crippen LogP contribution in [0.2, 0.25) is 0 Å². The van der Waals surface area contributed by atoms with Crippen molar-refractivity contribution in [3.8, 4) is 44.5 Å². The van der Waals surface area contributed by atoms with Crippen molar-refractivity contribution >= 4 is 10.8 Å². The molecule has 0 spiro atoms. The van der Waals surface area contributed by atoms with E-state index in [1.165, 1.54) is 34.0 Å². The molecular formula is C35H23F3. The summed E-state index contributed by atoms with van der Waals surface area (Å²) >= 11 is 0. The van der Waals surface area contributed by atoms with Crippen molar-refractivity contribution in [1.29, 1.82) is 0 Å². The van der Waals surface area contributed by atoms with Gasteiger partial charge in [-0.25, -0.2) is 0 Å². The Morgan fingerprint density at radius 3 is 1.18 bits per heavy atom. The van der Waals surface area contributed by atoms with Crippen LogP contribution in [-0.2, 0) is 6.18 Å². The van der Waals surface area contributed by atoms with E-state index in [9.17, 15) is 13.2 Å². The molecule has 0 saturated carbocycles. The molecule has 0 aliphatic rings. The minimum atomic E-state index is -4.35. The molecule has 0 radical (unpaired) electrons. The molecule has 0 amide bonds. The highest BCUT2D eigenvalue weighted by molar-refractivity contribution is 5.87. The molecular weight excluding hydrogens is 477 g/mol. The molecule has 0 saturated heterocycles. The Hall–Kier alpha value is -4.63. The van der Waals surface area contributed by atoms with E-state index in [-0.39, 0.29) is 0 Å². The van der Waals surface area contributed by atoms with E-state index in [2.05, 4.69) is 91.0 Å². The predicted molar refractivity (Wildman–Crippen MR) is 151 cm³/mol. The molecule has 6 rings (SSSR count). The zero-order valence-electron chi connectivity index (χ0n) is 20.4. The smallest absolute Gasteiger partial charge is 0.166 e. The third kappa shape index (κ3) is 4.83. The third-order valence-electron chi connectivity index (χ3n) is 6.93. The van der Waals surface area contributed by atoms with E-state index in [0.717, 1.165) is 33.9 Å². The molecule has 0 heterocycles. The minimum Gasteiger partial charge on any atom is -0.166 e. The Kier molecular flexibility index (Phi) is 6.05. The van der Waals surface area contributed by atoms with Crippen molar-refractivity contribution in [3.05, 3.63) is 145 Å². The van der Waals surface area contributed by atoms with Gasteiger partial charge in [-0.1, -0.05) is 121 Å². The fourth-order valence-corrected chi connectivity index (χ4v) is 4.81. The van der Waals surface area contributed by atoms with E-state index >= 15 is 0 Å². The molecule has 0 bridgehead atoms. The predicted octanol–water partition coefficient (Wildman–Crippen LogP) is 10.5. The Morgan fingerprint density at radius 2 is 0.711 bits per heavy atom. The number of hydrogen-bond acceptors (Lipinski definition) is 0. The fraction of sp³-hybridized carbons (Fsp3) is 0.0286. The molecule has 0 aromatic heterocycles. The zero-order chi connectivity index (χ0) is 26.1. The molecule has 6 aromatic carbocycles. The lowest BCUT2D eigenvalue weighted by atomic mass is 9.96. The lowest BCUT2D eigenvalue weighted by Crippen LogP contribution is -2.04. The van der Waals surface area contributed by atoms with Gasteiger partial charge in [-0.15, -0.1) is 0 Å². The van der Waals surface area contributed by atoms with Crippen molar-refractivity contribution in [3.63, 3.8) is 0 Å². The van der Waals surface area contributed by atoms with Crippen LogP contribution in [0.5, 0.6) is 0 Å². The number of rotatable bonds is 4. The summed E-state index contributed by atoms with van der Waals surface area (Å²) in [6.45, 7) is 0.